The van der Waals surface area contributed by atoms with Gasteiger partial charge in [0.05, 0.1) is 4.47 Å². The molecule has 1 heterocycles. The van der Waals surface area contributed by atoms with Gasteiger partial charge in [-0.25, -0.2) is 4.39 Å². The SMILES string of the molecule is Fc1cc(Oc2nc(C3CC3)ns2)ccc1Br. The van der Waals surface area contributed by atoms with Crippen molar-refractivity contribution in [2.24, 2.45) is 0 Å². The summed E-state index contributed by atoms with van der Waals surface area (Å²) in [6.07, 6.45) is 2.31. The van der Waals surface area contributed by atoms with Crippen LogP contribution in [0.1, 0.15) is 24.6 Å². The Morgan fingerprint density at radius 3 is 2.94 bits per heavy atom. The number of halogens is 2. The standard InChI is InChI=1S/C11H8BrFN2OS/c12-8-4-3-7(5-9(8)13)16-11-14-10(15-17-11)6-1-2-6/h3-6H,1-2H2. The molecule has 88 valence electrons. The minimum Gasteiger partial charge on any atom is -0.430 e. The van der Waals surface area contributed by atoms with E-state index in [1.54, 1.807) is 12.1 Å². The Morgan fingerprint density at radius 2 is 2.24 bits per heavy atom. The van der Waals surface area contributed by atoms with Crippen molar-refractivity contribution in [3.05, 3.63) is 34.3 Å². The van der Waals surface area contributed by atoms with Crippen LogP contribution in [0.2, 0.25) is 0 Å². The average molecular weight is 315 g/mol. The molecule has 1 fully saturated rings. The molecule has 17 heavy (non-hydrogen) atoms. The van der Waals surface area contributed by atoms with Gasteiger partial charge in [-0.05, 0) is 40.9 Å². The molecular weight excluding hydrogens is 307 g/mol. The molecule has 0 amide bonds. The first-order valence-electron chi connectivity index (χ1n) is 5.19. The van der Waals surface area contributed by atoms with Crippen LogP contribution >= 0.6 is 27.5 Å². The summed E-state index contributed by atoms with van der Waals surface area (Å²) in [4.78, 5) is 4.27. The van der Waals surface area contributed by atoms with Crippen LogP contribution in [0.3, 0.4) is 0 Å². The molecule has 0 spiro atoms. The summed E-state index contributed by atoms with van der Waals surface area (Å²) in [5.74, 6) is 1.44. The molecule has 1 aromatic heterocycles. The predicted molar refractivity (Wildman–Crippen MR) is 66.1 cm³/mol. The van der Waals surface area contributed by atoms with Gasteiger partial charge in [0, 0.05) is 23.5 Å². The number of hydrogen-bond donors (Lipinski definition) is 0. The van der Waals surface area contributed by atoms with E-state index in [0.717, 1.165) is 18.7 Å². The highest BCUT2D eigenvalue weighted by molar-refractivity contribution is 9.10. The van der Waals surface area contributed by atoms with Crippen LogP contribution in [-0.2, 0) is 0 Å². The zero-order valence-electron chi connectivity index (χ0n) is 8.69. The summed E-state index contributed by atoms with van der Waals surface area (Å²) in [5.41, 5.74) is 0. The summed E-state index contributed by atoms with van der Waals surface area (Å²) >= 11 is 4.30. The van der Waals surface area contributed by atoms with Crippen molar-refractivity contribution in [2.45, 2.75) is 18.8 Å². The van der Waals surface area contributed by atoms with Gasteiger partial charge in [0.1, 0.15) is 17.4 Å². The van der Waals surface area contributed by atoms with Gasteiger partial charge in [0.25, 0.3) is 5.19 Å². The minimum absolute atomic E-state index is 0.352. The van der Waals surface area contributed by atoms with Gasteiger partial charge in [-0.15, -0.1) is 0 Å². The van der Waals surface area contributed by atoms with E-state index in [9.17, 15) is 4.39 Å². The molecule has 6 heteroatoms. The predicted octanol–water partition coefficient (Wildman–Crippen LogP) is 4.11. The quantitative estimate of drug-likeness (QED) is 0.855. The summed E-state index contributed by atoms with van der Waals surface area (Å²) in [6, 6.07) is 4.61. The second-order valence-corrected chi connectivity index (χ2v) is 5.44. The molecule has 0 N–H and O–H groups in total. The van der Waals surface area contributed by atoms with Crippen molar-refractivity contribution in [1.29, 1.82) is 0 Å². The molecule has 1 saturated carbocycles. The molecule has 1 aliphatic carbocycles. The molecule has 1 aromatic carbocycles. The van der Waals surface area contributed by atoms with Crippen molar-refractivity contribution < 1.29 is 9.13 Å². The lowest BCUT2D eigenvalue weighted by Gasteiger charge is -2.01. The first-order valence-corrected chi connectivity index (χ1v) is 6.75. The summed E-state index contributed by atoms with van der Waals surface area (Å²) < 4.78 is 23.4. The van der Waals surface area contributed by atoms with Gasteiger partial charge in [-0.1, -0.05) is 0 Å². The van der Waals surface area contributed by atoms with Crippen molar-refractivity contribution in [3.63, 3.8) is 0 Å². The maximum absolute atomic E-state index is 13.3. The van der Waals surface area contributed by atoms with Crippen LogP contribution < -0.4 is 4.74 Å². The molecule has 0 unspecified atom stereocenters. The molecule has 0 bridgehead atoms. The topological polar surface area (TPSA) is 35.0 Å². The summed E-state index contributed by atoms with van der Waals surface area (Å²) in [7, 11) is 0. The molecule has 0 aliphatic heterocycles. The van der Waals surface area contributed by atoms with Gasteiger partial charge in [0.15, 0.2) is 0 Å². The van der Waals surface area contributed by atoms with Crippen LogP contribution in [0.5, 0.6) is 10.9 Å². The first kappa shape index (κ1) is 11.1. The van der Waals surface area contributed by atoms with Crippen LogP contribution in [0, 0.1) is 5.82 Å². The molecule has 0 radical (unpaired) electrons. The number of ether oxygens (including phenoxy) is 1. The Bertz CT molecular complexity index is 556. The fraction of sp³-hybridized carbons (Fsp3) is 0.273. The van der Waals surface area contributed by atoms with Crippen molar-refractivity contribution in [1.82, 2.24) is 9.36 Å². The Labute approximate surface area is 110 Å². The second kappa shape index (κ2) is 4.34. The maximum Gasteiger partial charge on any atom is 0.298 e. The summed E-state index contributed by atoms with van der Waals surface area (Å²) in [6.45, 7) is 0. The highest BCUT2D eigenvalue weighted by Crippen LogP contribution is 2.40. The zero-order chi connectivity index (χ0) is 11.8. The Hall–Kier alpha value is -1.01. The van der Waals surface area contributed by atoms with E-state index in [0.29, 0.717) is 21.3 Å². The third-order valence-electron chi connectivity index (χ3n) is 2.46. The molecule has 3 nitrogen and oxygen atoms in total. The van der Waals surface area contributed by atoms with Crippen molar-refractivity contribution in [3.8, 4) is 10.9 Å². The smallest absolute Gasteiger partial charge is 0.298 e. The second-order valence-electron chi connectivity index (χ2n) is 3.87. The van der Waals surface area contributed by atoms with E-state index in [1.807, 2.05) is 0 Å². The van der Waals surface area contributed by atoms with E-state index < -0.39 is 0 Å². The van der Waals surface area contributed by atoms with E-state index in [2.05, 4.69) is 25.3 Å². The average Bonchev–Trinajstić information content (AvgIpc) is 3.06. The number of rotatable bonds is 3. The number of aromatic nitrogens is 2. The largest absolute Gasteiger partial charge is 0.430 e. The minimum atomic E-state index is -0.352. The van der Waals surface area contributed by atoms with Gasteiger partial charge in [-0.3, -0.25) is 0 Å². The Morgan fingerprint density at radius 1 is 1.41 bits per heavy atom. The van der Waals surface area contributed by atoms with Crippen molar-refractivity contribution >= 4 is 27.5 Å². The third-order valence-corrected chi connectivity index (χ3v) is 3.71. The van der Waals surface area contributed by atoms with E-state index >= 15 is 0 Å². The molecule has 2 aromatic rings. The van der Waals surface area contributed by atoms with Gasteiger partial charge >= 0.3 is 0 Å². The first-order chi connectivity index (χ1) is 8.22. The number of hydrogen-bond acceptors (Lipinski definition) is 4. The zero-order valence-corrected chi connectivity index (χ0v) is 11.1. The van der Waals surface area contributed by atoms with Crippen LogP contribution in [0.4, 0.5) is 4.39 Å². The molecule has 3 rings (SSSR count). The lowest BCUT2D eigenvalue weighted by Crippen LogP contribution is -1.86. The Balaban J connectivity index is 1.78. The number of benzene rings is 1. The van der Waals surface area contributed by atoms with Gasteiger partial charge in [-0.2, -0.15) is 9.36 Å². The molecule has 1 aliphatic rings. The third kappa shape index (κ3) is 2.47. The molecule has 0 atom stereocenters. The maximum atomic E-state index is 13.3. The highest BCUT2D eigenvalue weighted by atomic mass is 79.9. The van der Waals surface area contributed by atoms with Crippen molar-refractivity contribution in [2.75, 3.05) is 0 Å². The summed E-state index contributed by atoms with van der Waals surface area (Å²) in [5, 5.41) is 0.466. The van der Waals surface area contributed by atoms with E-state index in [-0.39, 0.29) is 5.82 Å². The lowest BCUT2D eigenvalue weighted by molar-refractivity contribution is 0.471. The lowest BCUT2D eigenvalue weighted by atomic mass is 10.3. The highest BCUT2D eigenvalue weighted by Gasteiger charge is 2.28. The molecule has 0 saturated heterocycles. The van der Waals surface area contributed by atoms with Crippen LogP contribution in [-0.4, -0.2) is 9.36 Å². The normalized spacial score (nSPS) is 14.9. The number of nitrogens with zero attached hydrogens (tertiary/aromatic N) is 2. The van der Waals surface area contributed by atoms with Gasteiger partial charge in [0.2, 0.25) is 0 Å². The Kier molecular flexibility index (Phi) is 2.84. The van der Waals surface area contributed by atoms with Crippen LogP contribution in [0.15, 0.2) is 22.7 Å². The fourth-order valence-electron chi connectivity index (χ4n) is 1.41. The monoisotopic (exact) mass is 314 g/mol. The van der Waals surface area contributed by atoms with Crippen LogP contribution in [0.25, 0.3) is 0 Å². The van der Waals surface area contributed by atoms with E-state index in [1.165, 1.54) is 17.6 Å². The van der Waals surface area contributed by atoms with Gasteiger partial charge < -0.3 is 4.74 Å². The van der Waals surface area contributed by atoms with E-state index in [4.69, 9.17) is 4.74 Å². The fourth-order valence-corrected chi connectivity index (χ4v) is 2.29. The molecular formula is C11H8BrFN2OS.